The highest BCUT2D eigenvalue weighted by Crippen LogP contribution is 2.30. The lowest BCUT2D eigenvalue weighted by molar-refractivity contribution is 0.590. The van der Waals surface area contributed by atoms with E-state index in [4.69, 9.17) is 5.73 Å². The Morgan fingerprint density at radius 3 is 2.39 bits per heavy atom. The Balaban J connectivity index is 2.32. The van der Waals surface area contributed by atoms with E-state index in [9.17, 15) is 0 Å². The maximum absolute atomic E-state index is 5.61. The molecule has 0 spiro atoms. The SMILES string of the molecule is CC(C)(C)c1ccc(-c2scnc2CCN)cc1. The lowest BCUT2D eigenvalue weighted by Gasteiger charge is -2.19. The van der Waals surface area contributed by atoms with Crippen LogP contribution in [0.15, 0.2) is 29.8 Å². The molecule has 0 saturated heterocycles. The summed E-state index contributed by atoms with van der Waals surface area (Å²) in [5, 5.41) is 0. The van der Waals surface area contributed by atoms with Gasteiger partial charge in [0, 0.05) is 6.42 Å². The molecule has 0 amide bonds. The Hall–Kier alpha value is -1.19. The molecular formula is C15H20N2S. The molecule has 1 heterocycles. The molecule has 0 unspecified atom stereocenters. The van der Waals surface area contributed by atoms with Crippen LogP contribution in [0.5, 0.6) is 0 Å². The summed E-state index contributed by atoms with van der Waals surface area (Å²) in [6.45, 7) is 7.34. The highest BCUT2D eigenvalue weighted by Gasteiger charge is 2.14. The summed E-state index contributed by atoms with van der Waals surface area (Å²) in [7, 11) is 0. The molecule has 0 aliphatic rings. The molecule has 1 aromatic heterocycles. The van der Waals surface area contributed by atoms with Crippen molar-refractivity contribution in [1.29, 1.82) is 0 Å². The molecule has 2 nitrogen and oxygen atoms in total. The van der Waals surface area contributed by atoms with Gasteiger partial charge in [-0.25, -0.2) is 4.98 Å². The fourth-order valence-corrected chi connectivity index (χ4v) is 2.79. The second-order valence-electron chi connectivity index (χ2n) is 5.49. The first kappa shape index (κ1) is 13.2. The number of thiazole rings is 1. The minimum Gasteiger partial charge on any atom is -0.330 e. The zero-order valence-corrected chi connectivity index (χ0v) is 12.1. The second-order valence-corrected chi connectivity index (χ2v) is 6.35. The zero-order valence-electron chi connectivity index (χ0n) is 11.2. The third-order valence-electron chi connectivity index (χ3n) is 3.04. The van der Waals surface area contributed by atoms with Crippen molar-refractivity contribution in [1.82, 2.24) is 4.98 Å². The monoisotopic (exact) mass is 260 g/mol. The van der Waals surface area contributed by atoms with Crippen LogP contribution in [-0.2, 0) is 11.8 Å². The summed E-state index contributed by atoms with van der Waals surface area (Å²) in [5.41, 5.74) is 11.4. The first-order valence-corrected chi connectivity index (χ1v) is 7.13. The third-order valence-corrected chi connectivity index (χ3v) is 3.95. The molecular weight excluding hydrogens is 240 g/mol. The number of benzene rings is 1. The van der Waals surface area contributed by atoms with Gasteiger partial charge in [0.05, 0.1) is 16.1 Å². The van der Waals surface area contributed by atoms with Crippen molar-refractivity contribution in [3.05, 3.63) is 41.0 Å². The van der Waals surface area contributed by atoms with E-state index in [2.05, 4.69) is 50.0 Å². The maximum atomic E-state index is 5.61. The molecule has 0 aliphatic heterocycles. The molecule has 18 heavy (non-hydrogen) atoms. The summed E-state index contributed by atoms with van der Waals surface area (Å²) in [5.74, 6) is 0. The Morgan fingerprint density at radius 2 is 1.83 bits per heavy atom. The van der Waals surface area contributed by atoms with E-state index < -0.39 is 0 Å². The van der Waals surface area contributed by atoms with E-state index in [1.807, 2.05) is 5.51 Å². The Bertz CT molecular complexity index is 506. The summed E-state index contributed by atoms with van der Waals surface area (Å²) < 4.78 is 0. The van der Waals surface area contributed by atoms with E-state index >= 15 is 0 Å². The standard InChI is InChI=1S/C15H20N2S/c1-15(2,3)12-6-4-11(5-7-12)14-13(8-9-16)17-10-18-14/h4-7,10H,8-9,16H2,1-3H3. The largest absolute Gasteiger partial charge is 0.330 e. The van der Waals surface area contributed by atoms with Crippen molar-refractivity contribution in [3.8, 4) is 10.4 Å². The normalized spacial score (nSPS) is 11.8. The zero-order chi connectivity index (χ0) is 13.2. The van der Waals surface area contributed by atoms with Gasteiger partial charge in [-0.3, -0.25) is 0 Å². The Labute approximate surface area is 113 Å². The fourth-order valence-electron chi connectivity index (χ4n) is 1.94. The van der Waals surface area contributed by atoms with Crippen molar-refractivity contribution >= 4 is 11.3 Å². The first-order chi connectivity index (χ1) is 8.52. The fraction of sp³-hybridized carbons (Fsp3) is 0.400. The number of aromatic nitrogens is 1. The number of rotatable bonds is 3. The molecule has 0 radical (unpaired) electrons. The molecule has 96 valence electrons. The van der Waals surface area contributed by atoms with Crippen LogP contribution >= 0.6 is 11.3 Å². The minimum absolute atomic E-state index is 0.201. The van der Waals surface area contributed by atoms with Gasteiger partial charge in [0.15, 0.2) is 0 Å². The van der Waals surface area contributed by atoms with Gasteiger partial charge in [0.25, 0.3) is 0 Å². The average Bonchev–Trinajstić information content (AvgIpc) is 2.77. The predicted molar refractivity (Wildman–Crippen MR) is 79.0 cm³/mol. The van der Waals surface area contributed by atoms with Crippen molar-refractivity contribution in [2.75, 3.05) is 6.54 Å². The molecule has 2 aromatic rings. The quantitative estimate of drug-likeness (QED) is 0.915. The van der Waals surface area contributed by atoms with Gasteiger partial charge in [-0.15, -0.1) is 11.3 Å². The van der Waals surface area contributed by atoms with Crippen LogP contribution in [0.1, 0.15) is 32.0 Å². The average molecular weight is 260 g/mol. The molecule has 0 saturated carbocycles. The van der Waals surface area contributed by atoms with Gasteiger partial charge in [-0.2, -0.15) is 0 Å². The summed E-state index contributed by atoms with van der Waals surface area (Å²) in [4.78, 5) is 5.64. The highest BCUT2D eigenvalue weighted by molar-refractivity contribution is 7.13. The summed E-state index contributed by atoms with van der Waals surface area (Å²) >= 11 is 1.69. The topological polar surface area (TPSA) is 38.9 Å². The van der Waals surface area contributed by atoms with Crippen LogP contribution in [-0.4, -0.2) is 11.5 Å². The predicted octanol–water partition coefficient (Wildman–Crippen LogP) is 3.61. The van der Waals surface area contributed by atoms with Gasteiger partial charge >= 0.3 is 0 Å². The van der Waals surface area contributed by atoms with Crippen LogP contribution in [0.2, 0.25) is 0 Å². The lowest BCUT2D eigenvalue weighted by Crippen LogP contribution is -2.10. The first-order valence-electron chi connectivity index (χ1n) is 6.25. The van der Waals surface area contributed by atoms with Gasteiger partial charge in [-0.1, -0.05) is 45.0 Å². The molecule has 2 N–H and O–H groups in total. The van der Waals surface area contributed by atoms with Crippen molar-refractivity contribution in [2.24, 2.45) is 5.73 Å². The number of nitrogens with two attached hydrogens (primary N) is 1. The molecule has 1 aromatic carbocycles. The smallest absolute Gasteiger partial charge is 0.0801 e. The van der Waals surface area contributed by atoms with E-state index in [1.165, 1.54) is 16.0 Å². The number of hydrogen-bond acceptors (Lipinski definition) is 3. The lowest BCUT2D eigenvalue weighted by atomic mass is 9.86. The Kier molecular flexibility index (Phi) is 3.83. The van der Waals surface area contributed by atoms with Gasteiger partial charge in [0.2, 0.25) is 0 Å². The second kappa shape index (κ2) is 5.21. The molecule has 0 atom stereocenters. The number of nitrogens with zero attached hydrogens (tertiary/aromatic N) is 1. The van der Waals surface area contributed by atoms with E-state index in [1.54, 1.807) is 11.3 Å². The van der Waals surface area contributed by atoms with Gasteiger partial charge in [0.1, 0.15) is 0 Å². The maximum Gasteiger partial charge on any atom is 0.0801 e. The number of hydrogen-bond donors (Lipinski definition) is 1. The minimum atomic E-state index is 0.201. The van der Waals surface area contributed by atoms with Crippen molar-refractivity contribution in [2.45, 2.75) is 32.6 Å². The van der Waals surface area contributed by atoms with Crippen LogP contribution in [0.4, 0.5) is 0 Å². The summed E-state index contributed by atoms with van der Waals surface area (Å²) in [6.07, 6.45) is 0.847. The van der Waals surface area contributed by atoms with E-state index in [-0.39, 0.29) is 5.41 Å². The Morgan fingerprint density at radius 1 is 1.17 bits per heavy atom. The molecule has 3 heteroatoms. The summed E-state index contributed by atoms with van der Waals surface area (Å²) in [6, 6.07) is 8.80. The van der Waals surface area contributed by atoms with Gasteiger partial charge < -0.3 is 5.73 Å². The van der Waals surface area contributed by atoms with Crippen LogP contribution < -0.4 is 5.73 Å². The van der Waals surface area contributed by atoms with E-state index in [0.29, 0.717) is 6.54 Å². The van der Waals surface area contributed by atoms with Crippen LogP contribution in [0.25, 0.3) is 10.4 Å². The van der Waals surface area contributed by atoms with Crippen LogP contribution in [0, 0.1) is 0 Å². The van der Waals surface area contributed by atoms with Crippen molar-refractivity contribution in [3.63, 3.8) is 0 Å². The molecule has 0 fully saturated rings. The third kappa shape index (κ3) is 2.79. The molecule has 0 aliphatic carbocycles. The van der Waals surface area contributed by atoms with Crippen molar-refractivity contribution < 1.29 is 0 Å². The van der Waals surface area contributed by atoms with Crippen LogP contribution in [0.3, 0.4) is 0 Å². The molecule has 2 rings (SSSR count). The molecule has 0 bridgehead atoms. The van der Waals surface area contributed by atoms with E-state index in [0.717, 1.165) is 12.1 Å². The highest BCUT2D eigenvalue weighted by atomic mass is 32.1. The van der Waals surface area contributed by atoms with Gasteiger partial charge in [-0.05, 0) is 23.1 Å².